The van der Waals surface area contributed by atoms with Gasteiger partial charge in [0.2, 0.25) is 0 Å². The molecule has 4 nitrogen and oxygen atoms in total. The summed E-state index contributed by atoms with van der Waals surface area (Å²) in [6.07, 6.45) is 1.50. The lowest BCUT2D eigenvalue weighted by Gasteiger charge is -2.08. The van der Waals surface area contributed by atoms with Crippen LogP contribution >= 0.6 is 11.6 Å². The predicted octanol–water partition coefficient (Wildman–Crippen LogP) is 2.29. The Bertz CT molecular complexity index is 625. The zero-order chi connectivity index (χ0) is 13.7. The highest BCUT2D eigenvalue weighted by atomic mass is 35.5. The van der Waals surface area contributed by atoms with E-state index in [9.17, 15) is 0 Å². The molecule has 0 amide bonds. The van der Waals surface area contributed by atoms with E-state index < -0.39 is 0 Å². The Morgan fingerprint density at radius 1 is 1.42 bits per heavy atom. The lowest BCUT2D eigenvalue weighted by molar-refractivity contribution is 0.289. The number of aryl methyl sites for hydroxylation is 2. The maximum atomic E-state index is 5.75. The van der Waals surface area contributed by atoms with Gasteiger partial charge < -0.3 is 4.74 Å². The van der Waals surface area contributed by atoms with Gasteiger partial charge in [0.1, 0.15) is 18.7 Å². The first-order valence-electron chi connectivity index (χ1n) is 5.82. The third-order valence-corrected chi connectivity index (χ3v) is 2.72. The summed E-state index contributed by atoms with van der Waals surface area (Å²) < 4.78 is 7.42. The first kappa shape index (κ1) is 13.4. The van der Waals surface area contributed by atoms with Gasteiger partial charge in [0.05, 0.1) is 11.4 Å². The number of ether oxygens (including phenoxy) is 1. The second-order valence-electron chi connectivity index (χ2n) is 4.02. The lowest BCUT2D eigenvalue weighted by atomic mass is 10.1. The molecule has 0 saturated carbocycles. The lowest BCUT2D eigenvalue weighted by Crippen LogP contribution is -2.05. The minimum Gasteiger partial charge on any atom is -0.484 e. The van der Waals surface area contributed by atoms with Crippen LogP contribution in [0.25, 0.3) is 0 Å². The Morgan fingerprint density at radius 3 is 2.95 bits per heavy atom. The van der Waals surface area contributed by atoms with Crippen molar-refractivity contribution < 1.29 is 4.74 Å². The van der Waals surface area contributed by atoms with Crippen LogP contribution in [0.15, 0.2) is 24.5 Å². The zero-order valence-electron chi connectivity index (χ0n) is 10.9. The number of hydrogen-bond donors (Lipinski definition) is 0. The molecule has 0 aliphatic carbocycles. The highest BCUT2D eigenvalue weighted by molar-refractivity contribution is 6.19. The zero-order valence-corrected chi connectivity index (χ0v) is 11.6. The van der Waals surface area contributed by atoms with Crippen molar-refractivity contribution in [1.29, 1.82) is 0 Å². The van der Waals surface area contributed by atoms with Crippen molar-refractivity contribution in [3.05, 3.63) is 41.5 Å². The van der Waals surface area contributed by atoms with Gasteiger partial charge in [-0.25, -0.2) is 4.98 Å². The summed E-state index contributed by atoms with van der Waals surface area (Å²) in [5, 5.41) is 4.00. The van der Waals surface area contributed by atoms with Crippen LogP contribution in [0.1, 0.15) is 17.0 Å². The van der Waals surface area contributed by atoms with Crippen molar-refractivity contribution in [2.45, 2.75) is 13.5 Å². The van der Waals surface area contributed by atoms with Crippen LogP contribution < -0.4 is 4.74 Å². The van der Waals surface area contributed by atoms with Gasteiger partial charge in [-0.1, -0.05) is 17.9 Å². The Balaban J connectivity index is 2.17. The van der Waals surface area contributed by atoms with E-state index in [1.165, 1.54) is 6.33 Å². The number of rotatable bonds is 3. The number of nitrogens with zero attached hydrogens (tertiary/aromatic N) is 3. The molecule has 0 spiro atoms. The van der Waals surface area contributed by atoms with Gasteiger partial charge in [-0.2, -0.15) is 5.10 Å². The first-order valence-corrected chi connectivity index (χ1v) is 6.35. The van der Waals surface area contributed by atoms with Crippen LogP contribution in [0.3, 0.4) is 0 Å². The molecule has 2 rings (SSSR count). The van der Waals surface area contributed by atoms with Crippen LogP contribution in [-0.4, -0.2) is 20.6 Å². The van der Waals surface area contributed by atoms with E-state index in [1.807, 2.05) is 32.2 Å². The van der Waals surface area contributed by atoms with Crippen LogP contribution in [0.4, 0.5) is 0 Å². The monoisotopic (exact) mass is 275 g/mol. The third kappa shape index (κ3) is 3.49. The van der Waals surface area contributed by atoms with E-state index in [-0.39, 0.29) is 0 Å². The molecule has 0 aliphatic rings. The van der Waals surface area contributed by atoms with Gasteiger partial charge in [-0.15, -0.1) is 11.6 Å². The molecule has 1 aromatic heterocycles. The van der Waals surface area contributed by atoms with Crippen molar-refractivity contribution >= 4 is 11.6 Å². The van der Waals surface area contributed by atoms with Gasteiger partial charge in [-0.3, -0.25) is 4.68 Å². The van der Waals surface area contributed by atoms with Crippen molar-refractivity contribution in [2.75, 3.05) is 5.88 Å². The van der Waals surface area contributed by atoms with Crippen molar-refractivity contribution in [1.82, 2.24) is 14.8 Å². The highest BCUT2D eigenvalue weighted by Gasteiger charge is 2.05. The molecular weight excluding hydrogens is 262 g/mol. The molecule has 1 aromatic carbocycles. The molecule has 19 heavy (non-hydrogen) atoms. The van der Waals surface area contributed by atoms with Gasteiger partial charge in [0.25, 0.3) is 0 Å². The molecule has 5 heteroatoms. The maximum absolute atomic E-state index is 5.75. The Morgan fingerprint density at radius 2 is 2.26 bits per heavy atom. The van der Waals surface area contributed by atoms with Crippen LogP contribution in [-0.2, 0) is 13.7 Å². The molecule has 0 aliphatic heterocycles. The van der Waals surface area contributed by atoms with Gasteiger partial charge >= 0.3 is 0 Å². The molecule has 0 radical (unpaired) electrons. The number of halogens is 1. The van der Waals surface area contributed by atoms with E-state index in [4.69, 9.17) is 16.3 Å². The second kappa shape index (κ2) is 6.26. The predicted molar refractivity (Wildman–Crippen MR) is 74.1 cm³/mol. The quantitative estimate of drug-likeness (QED) is 0.637. The molecule has 0 saturated heterocycles. The minimum atomic E-state index is 0.302. The van der Waals surface area contributed by atoms with Gasteiger partial charge in [-0.05, 0) is 24.6 Å². The molecule has 0 N–H and O–H groups in total. The van der Waals surface area contributed by atoms with E-state index >= 15 is 0 Å². The van der Waals surface area contributed by atoms with Gasteiger partial charge in [0, 0.05) is 7.05 Å². The number of hydrogen-bond acceptors (Lipinski definition) is 3. The fraction of sp³-hybridized carbons (Fsp3) is 0.286. The van der Waals surface area contributed by atoms with Crippen molar-refractivity contribution in [2.24, 2.45) is 7.05 Å². The topological polar surface area (TPSA) is 39.9 Å². The molecule has 2 aromatic rings. The molecule has 1 heterocycles. The second-order valence-corrected chi connectivity index (χ2v) is 4.29. The Labute approximate surface area is 117 Å². The highest BCUT2D eigenvalue weighted by Crippen LogP contribution is 2.20. The van der Waals surface area contributed by atoms with Crippen LogP contribution in [0.5, 0.6) is 5.75 Å². The molecule has 0 bridgehead atoms. The molecule has 0 fully saturated rings. The largest absolute Gasteiger partial charge is 0.484 e. The molecular formula is C14H14ClN3O. The summed E-state index contributed by atoms with van der Waals surface area (Å²) in [5.74, 6) is 7.63. The van der Waals surface area contributed by atoms with Crippen molar-refractivity contribution in [3.63, 3.8) is 0 Å². The van der Waals surface area contributed by atoms with E-state index in [0.29, 0.717) is 12.5 Å². The number of aromatic nitrogens is 3. The maximum Gasteiger partial charge on any atom is 0.164 e. The first-order chi connectivity index (χ1) is 9.20. The Hall–Kier alpha value is -1.99. The summed E-state index contributed by atoms with van der Waals surface area (Å²) in [7, 11) is 1.83. The molecule has 98 valence electrons. The fourth-order valence-corrected chi connectivity index (χ4v) is 1.66. The SMILES string of the molecule is Cc1ccc(OCc2ncnn2C)c(C#CCCl)c1. The summed E-state index contributed by atoms with van der Waals surface area (Å²) >= 11 is 5.59. The van der Waals surface area contributed by atoms with Gasteiger partial charge in [0.15, 0.2) is 5.82 Å². The van der Waals surface area contributed by atoms with Crippen molar-refractivity contribution in [3.8, 4) is 17.6 Å². The van der Waals surface area contributed by atoms with Crippen LogP contribution in [0.2, 0.25) is 0 Å². The Kier molecular flexibility index (Phi) is 4.43. The summed E-state index contributed by atoms with van der Waals surface area (Å²) in [4.78, 5) is 4.11. The summed E-state index contributed by atoms with van der Waals surface area (Å²) in [5.41, 5.74) is 1.97. The molecule has 0 unspecified atom stereocenters. The smallest absolute Gasteiger partial charge is 0.164 e. The van der Waals surface area contributed by atoms with E-state index in [2.05, 4.69) is 21.9 Å². The standard InChI is InChI=1S/C14H14ClN3O/c1-11-5-6-13(12(8-11)4-3-7-15)19-9-14-16-10-17-18(14)2/h5-6,8,10H,7,9H2,1-2H3. The fourth-order valence-electron chi connectivity index (χ4n) is 1.59. The number of alkyl halides is 1. The summed E-state index contributed by atoms with van der Waals surface area (Å²) in [6.45, 7) is 2.37. The minimum absolute atomic E-state index is 0.302. The van der Waals surface area contributed by atoms with E-state index in [1.54, 1.807) is 4.68 Å². The summed E-state index contributed by atoms with van der Waals surface area (Å²) in [6, 6.07) is 5.87. The average molecular weight is 276 g/mol. The normalized spacial score (nSPS) is 9.84. The third-order valence-electron chi connectivity index (χ3n) is 2.59. The average Bonchev–Trinajstić information content (AvgIpc) is 2.81. The molecule has 0 atom stereocenters. The van der Waals surface area contributed by atoms with Crippen LogP contribution in [0, 0.1) is 18.8 Å². The van der Waals surface area contributed by atoms with E-state index in [0.717, 1.165) is 22.7 Å². The number of benzene rings is 1.